The largest absolute Gasteiger partial charge is 0.417 e. The average molecular weight is 397 g/mol. The van der Waals surface area contributed by atoms with Crippen molar-refractivity contribution in [3.8, 4) is 0 Å². The molecule has 0 saturated heterocycles. The molecule has 25 heavy (non-hydrogen) atoms. The van der Waals surface area contributed by atoms with E-state index in [1.165, 1.54) is 28.7 Å². The third-order valence-electron chi connectivity index (χ3n) is 3.14. The van der Waals surface area contributed by atoms with E-state index in [-0.39, 0.29) is 10.1 Å². The van der Waals surface area contributed by atoms with E-state index in [0.717, 1.165) is 34.5 Å². The van der Waals surface area contributed by atoms with Crippen LogP contribution in [-0.2, 0) is 11.0 Å². The van der Waals surface area contributed by atoms with Crippen LogP contribution in [0.5, 0.6) is 0 Å². The number of alkyl halides is 3. The number of carbonyl (C=O) groups excluding carboxylic acids is 1. The van der Waals surface area contributed by atoms with Gasteiger partial charge in [-0.15, -0.1) is 11.3 Å². The molecule has 8 heteroatoms. The van der Waals surface area contributed by atoms with Gasteiger partial charge in [-0.25, -0.2) is 4.98 Å². The molecule has 0 aliphatic carbocycles. The quantitative estimate of drug-likeness (QED) is 0.395. The SMILES string of the molecule is O=C(Sc1ccc(C(F)(F)F)cn1)/C(=C/c1cccs1)c1ccsc1. The van der Waals surface area contributed by atoms with E-state index in [2.05, 4.69) is 4.98 Å². The van der Waals surface area contributed by atoms with Crippen LogP contribution in [-0.4, -0.2) is 10.1 Å². The highest BCUT2D eigenvalue weighted by Gasteiger charge is 2.30. The van der Waals surface area contributed by atoms with Gasteiger partial charge in [0, 0.05) is 16.6 Å². The third-order valence-corrected chi connectivity index (χ3v) is 5.50. The molecule has 0 aliphatic rings. The molecule has 0 fully saturated rings. The van der Waals surface area contributed by atoms with Gasteiger partial charge in [0.15, 0.2) is 0 Å². The van der Waals surface area contributed by atoms with Gasteiger partial charge in [-0.2, -0.15) is 24.5 Å². The lowest BCUT2D eigenvalue weighted by Crippen LogP contribution is -2.05. The first kappa shape index (κ1) is 17.9. The van der Waals surface area contributed by atoms with Crippen LogP contribution < -0.4 is 0 Å². The van der Waals surface area contributed by atoms with E-state index in [1.807, 2.05) is 34.3 Å². The summed E-state index contributed by atoms with van der Waals surface area (Å²) in [6, 6.07) is 7.75. The molecule has 0 N–H and O–H groups in total. The molecular weight excluding hydrogens is 387 g/mol. The van der Waals surface area contributed by atoms with Gasteiger partial charge in [0.2, 0.25) is 5.12 Å². The van der Waals surface area contributed by atoms with Crippen molar-refractivity contribution in [3.63, 3.8) is 0 Å². The Balaban J connectivity index is 1.84. The van der Waals surface area contributed by atoms with Crippen molar-refractivity contribution in [2.45, 2.75) is 11.2 Å². The summed E-state index contributed by atoms with van der Waals surface area (Å²) in [6.07, 6.45) is -1.92. The van der Waals surface area contributed by atoms with Gasteiger partial charge >= 0.3 is 6.18 Å². The first-order valence-corrected chi connectivity index (χ1v) is 9.60. The fourth-order valence-corrected chi connectivity index (χ4v) is 3.98. The normalized spacial score (nSPS) is 12.4. The summed E-state index contributed by atoms with van der Waals surface area (Å²) in [5, 5.41) is 5.60. The van der Waals surface area contributed by atoms with E-state index in [4.69, 9.17) is 0 Å². The minimum absolute atomic E-state index is 0.227. The smallest absolute Gasteiger partial charge is 0.281 e. The summed E-state index contributed by atoms with van der Waals surface area (Å²) < 4.78 is 37.8. The molecule has 0 amide bonds. The third kappa shape index (κ3) is 4.59. The molecule has 0 saturated carbocycles. The lowest BCUT2D eigenvalue weighted by atomic mass is 10.1. The molecule has 0 bridgehead atoms. The summed E-state index contributed by atoms with van der Waals surface area (Å²) >= 11 is 3.79. The fourth-order valence-electron chi connectivity index (χ4n) is 1.95. The molecule has 2 nitrogen and oxygen atoms in total. The maximum atomic E-state index is 12.7. The number of halogens is 3. The topological polar surface area (TPSA) is 30.0 Å². The van der Waals surface area contributed by atoms with E-state index in [9.17, 15) is 18.0 Å². The number of pyridine rings is 1. The Hall–Kier alpha value is -1.90. The highest BCUT2D eigenvalue weighted by atomic mass is 32.2. The zero-order chi connectivity index (χ0) is 17.9. The van der Waals surface area contributed by atoms with Crippen molar-refractivity contribution in [1.29, 1.82) is 0 Å². The molecule has 0 radical (unpaired) electrons. The van der Waals surface area contributed by atoms with Crippen molar-refractivity contribution in [1.82, 2.24) is 4.98 Å². The Labute approximate surface area is 154 Å². The van der Waals surface area contributed by atoms with E-state index in [1.54, 1.807) is 6.08 Å². The van der Waals surface area contributed by atoms with Gasteiger partial charge in [0.25, 0.3) is 0 Å². The monoisotopic (exact) mass is 397 g/mol. The number of thioether (sulfide) groups is 1. The van der Waals surface area contributed by atoms with Gasteiger partial charge in [-0.3, -0.25) is 4.79 Å². The Morgan fingerprint density at radius 1 is 1.16 bits per heavy atom. The molecular formula is C17H10F3NOS3. The second-order valence-corrected chi connectivity index (χ2v) is 7.61. The van der Waals surface area contributed by atoms with Crippen molar-refractivity contribution < 1.29 is 18.0 Å². The summed E-state index contributed by atoms with van der Waals surface area (Å²) in [7, 11) is 0. The van der Waals surface area contributed by atoms with Gasteiger partial charge in [0.05, 0.1) is 5.56 Å². The van der Waals surface area contributed by atoms with Gasteiger partial charge in [0.1, 0.15) is 5.03 Å². The summed E-state index contributed by atoms with van der Waals surface area (Å²) in [5.74, 6) is 0. The second kappa shape index (κ2) is 7.55. The molecule has 3 rings (SSSR count). The van der Waals surface area contributed by atoms with Crippen molar-refractivity contribution in [3.05, 3.63) is 68.7 Å². The Kier molecular flexibility index (Phi) is 5.41. The number of thiophene rings is 2. The highest BCUT2D eigenvalue weighted by Crippen LogP contribution is 2.32. The summed E-state index contributed by atoms with van der Waals surface area (Å²) in [4.78, 5) is 17.3. The second-order valence-electron chi connectivity index (χ2n) is 4.86. The average Bonchev–Trinajstić information content (AvgIpc) is 3.26. The zero-order valence-electron chi connectivity index (χ0n) is 12.5. The van der Waals surface area contributed by atoms with Crippen LogP contribution >= 0.6 is 34.4 Å². The maximum absolute atomic E-state index is 12.7. The Morgan fingerprint density at radius 2 is 2.00 bits per heavy atom. The number of aromatic nitrogens is 1. The van der Waals surface area contributed by atoms with Crippen LogP contribution in [0.2, 0.25) is 0 Å². The fraction of sp³-hybridized carbons (Fsp3) is 0.0588. The van der Waals surface area contributed by atoms with E-state index in [0.29, 0.717) is 5.57 Å². The van der Waals surface area contributed by atoms with Crippen LogP contribution in [0, 0.1) is 0 Å². The van der Waals surface area contributed by atoms with Crippen LogP contribution in [0.25, 0.3) is 11.6 Å². The number of hydrogen-bond acceptors (Lipinski definition) is 5. The van der Waals surface area contributed by atoms with Crippen LogP contribution in [0.1, 0.15) is 16.0 Å². The lowest BCUT2D eigenvalue weighted by molar-refractivity contribution is -0.137. The molecule has 0 aromatic carbocycles. The summed E-state index contributed by atoms with van der Waals surface area (Å²) in [6.45, 7) is 0. The molecule has 0 unspecified atom stereocenters. The molecule has 0 atom stereocenters. The summed E-state index contributed by atoms with van der Waals surface area (Å²) in [5.41, 5.74) is 0.440. The first-order valence-electron chi connectivity index (χ1n) is 6.97. The first-order chi connectivity index (χ1) is 11.9. The Bertz CT molecular complexity index is 867. The number of rotatable bonds is 4. The van der Waals surface area contributed by atoms with Crippen molar-refractivity contribution in [2.75, 3.05) is 0 Å². The van der Waals surface area contributed by atoms with Crippen molar-refractivity contribution >= 4 is 51.2 Å². The van der Waals surface area contributed by atoms with Crippen LogP contribution in [0.15, 0.2) is 57.7 Å². The molecule has 0 aliphatic heterocycles. The molecule has 3 aromatic rings. The van der Waals surface area contributed by atoms with Gasteiger partial charge in [-0.1, -0.05) is 6.07 Å². The minimum Gasteiger partial charge on any atom is -0.281 e. The standard InChI is InChI=1S/C17H10F3NOS3/c18-17(19,20)12-3-4-15(21-9-12)25-16(22)14(11-5-7-23-10-11)8-13-2-1-6-24-13/h1-10H/b14-8+. The lowest BCUT2D eigenvalue weighted by Gasteiger charge is -2.07. The molecule has 3 aromatic heterocycles. The van der Waals surface area contributed by atoms with Crippen LogP contribution in [0.3, 0.4) is 0 Å². The molecule has 3 heterocycles. The highest BCUT2D eigenvalue weighted by molar-refractivity contribution is 8.14. The molecule has 128 valence electrons. The maximum Gasteiger partial charge on any atom is 0.417 e. The molecule has 0 spiro atoms. The zero-order valence-corrected chi connectivity index (χ0v) is 14.9. The predicted molar refractivity (Wildman–Crippen MR) is 96.6 cm³/mol. The predicted octanol–water partition coefficient (Wildman–Crippen LogP) is 6.08. The minimum atomic E-state index is -4.44. The number of hydrogen-bond donors (Lipinski definition) is 0. The van der Waals surface area contributed by atoms with E-state index < -0.39 is 11.7 Å². The number of nitrogens with zero attached hydrogens (tertiary/aromatic N) is 1. The Morgan fingerprint density at radius 3 is 2.56 bits per heavy atom. The van der Waals surface area contributed by atoms with Gasteiger partial charge in [-0.05, 0) is 63.8 Å². The van der Waals surface area contributed by atoms with Gasteiger partial charge < -0.3 is 0 Å². The van der Waals surface area contributed by atoms with E-state index >= 15 is 0 Å². The number of carbonyl (C=O) groups is 1. The van der Waals surface area contributed by atoms with Crippen molar-refractivity contribution in [2.24, 2.45) is 0 Å². The van der Waals surface area contributed by atoms with Crippen LogP contribution in [0.4, 0.5) is 13.2 Å².